The van der Waals surface area contributed by atoms with Gasteiger partial charge in [0.05, 0.1) is 13.2 Å². The summed E-state index contributed by atoms with van der Waals surface area (Å²) in [6.45, 7) is 1.75. The Morgan fingerprint density at radius 3 is 2.10 bits per heavy atom. The Bertz CT molecular complexity index is 418. The zero-order valence-electron chi connectivity index (χ0n) is 12.3. The number of benzene rings is 1. The van der Waals surface area contributed by atoms with Crippen molar-refractivity contribution in [3.63, 3.8) is 0 Å². The van der Waals surface area contributed by atoms with Crippen molar-refractivity contribution in [1.82, 2.24) is 5.32 Å². The summed E-state index contributed by atoms with van der Waals surface area (Å²) < 4.78 is 44.8. The predicted octanol–water partition coefficient (Wildman–Crippen LogP) is 2.57. The van der Waals surface area contributed by atoms with Gasteiger partial charge >= 0.3 is 6.18 Å². The summed E-state index contributed by atoms with van der Waals surface area (Å²) in [5, 5.41) is 1.82. The molecule has 21 heavy (non-hydrogen) atoms. The molecule has 0 aliphatic rings. The zero-order chi connectivity index (χ0) is 16.3. The van der Waals surface area contributed by atoms with E-state index in [0.717, 1.165) is 0 Å². The third-order valence-corrected chi connectivity index (χ3v) is 2.33. The van der Waals surface area contributed by atoms with Gasteiger partial charge in [0.2, 0.25) is 0 Å². The number of hydrogen-bond acceptors (Lipinski definition) is 3. The van der Waals surface area contributed by atoms with Crippen molar-refractivity contribution in [1.29, 1.82) is 0 Å². The molecule has 1 amide bonds. The topological polar surface area (TPSA) is 47.6 Å². The van der Waals surface area contributed by atoms with Crippen molar-refractivity contribution in [3.8, 4) is 0 Å². The Hall–Kier alpha value is -1.60. The van der Waals surface area contributed by atoms with E-state index < -0.39 is 18.6 Å². The second kappa shape index (κ2) is 10.2. The van der Waals surface area contributed by atoms with Crippen molar-refractivity contribution in [2.45, 2.75) is 13.1 Å². The number of amides is 1. The molecule has 0 unspecified atom stereocenters. The number of hydrogen-bond donors (Lipinski definition) is 1. The maximum absolute atomic E-state index is 11.8. The first kappa shape index (κ1) is 19.4. The van der Waals surface area contributed by atoms with E-state index in [9.17, 15) is 18.0 Å². The van der Waals surface area contributed by atoms with E-state index in [1.54, 1.807) is 39.3 Å². The maximum atomic E-state index is 11.8. The van der Waals surface area contributed by atoms with Crippen LogP contribution in [-0.2, 0) is 9.47 Å². The Morgan fingerprint density at radius 2 is 1.67 bits per heavy atom. The number of nitrogens with one attached hydrogen (secondary N) is 1. The number of aryl methyl sites for hydroxylation is 1. The maximum Gasteiger partial charge on any atom is 0.405 e. The van der Waals surface area contributed by atoms with Crippen molar-refractivity contribution in [3.05, 3.63) is 35.4 Å². The molecule has 0 aromatic heterocycles. The van der Waals surface area contributed by atoms with Crippen molar-refractivity contribution < 1.29 is 27.4 Å². The lowest BCUT2D eigenvalue weighted by Crippen LogP contribution is -2.34. The number of carbonyl (C=O) groups excluding carboxylic acids is 1. The van der Waals surface area contributed by atoms with Gasteiger partial charge in [-0.3, -0.25) is 4.79 Å². The van der Waals surface area contributed by atoms with Gasteiger partial charge in [0, 0.05) is 19.8 Å². The quantitative estimate of drug-likeness (QED) is 0.851. The molecule has 0 saturated carbocycles. The second-order valence-electron chi connectivity index (χ2n) is 4.10. The molecule has 120 valence electrons. The number of halogens is 3. The Kier molecular flexibility index (Phi) is 9.40. The number of rotatable bonds is 5. The average molecular weight is 307 g/mol. The monoisotopic (exact) mass is 307 g/mol. The molecule has 0 fully saturated rings. The van der Waals surface area contributed by atoms with Gasteiger partial charge < -0.3 is 14.8 Å². The first-order valence-electron chi connectivity index (χ1n) is 6.20. The van der Waals surface area contributed by atoms with Crippen molar-refractivity contribution in [2.75, 3.05) is 34.0 Å². The molecule has 4 nitrogen and oxygen atoms in total. The fourth-order valence-corrected chi connectivity index (χ4v) is 1.27. The third kappa shape index (κ3) is 9.86. The fraction of sp³-hybridized carbons (Fsp3) is 0.500. The molecule has 1 aromatic carbocycles. The molecule has 1 aromatic rings. The van der Waals surface area contributed by atoms with Gasteiger partial charge in [-0.2, -0.15) is 13.2 Å². The fourth-order valence-electron chi connectivity index (χ4n) is 1.27. The molecule has 0 saturated heterocycles. The minimum Gasteiger partial charge on any atom is -0.382 e. The van der Waals surface area contributed by atoms with E-state index in [2.05, 4.69) is 9.47 Å². The summed E-state index contributed by atoms with van der Waals surface area (Å²) in [6, 6.07) is 6.48. The number of alkyl halides is 3. The summed E-state index contributed by atoms with van der Waals surface area (Å²) in [4.78, 5) is 11.3. The highest BCUT2D eigenvalue weighted by molar-refractivity contribution is 5.95. The molecule has 0 aliphatic carbocycles. The lowest BCUT2D eigenvalue weighted by atomic mass is 10.1. The van der Waals surface area contributed by atoms with E-state index in [1.807, 2.05) is 5.32 Å². The largest absolute Gasteiger partial charge is 0.405 e. The molecule has 0 heterocycles. The molecular formula is C14H20F3NO3. The molecule has 0 radical (unpaired) electrons. The van der Waals surface area contributed by atoms with Crippen LogP contribution in [0.2, 0.25) is 0 Å². The van der Waals surface area contributed by atoms with Crippen molar-refractivity contribution >= 4 is 5.91 Å². The first-order valence-corrected chi connectivity index (χ1v) is 6.20. The summed E-state index contributed by atoms with van der Waals surface area (Å²) in [7, 11) is 3.30. The van der Waals surface area contributed by atoms with Gasteiger partial charge in [0.1, 0.15) is 6.54 Å². The van der Waals surface area contributed by atoms with Crippen LogP contribution >= 0.6 is 0 Å². The van der Waals surface area contributed by atoms with Crippen LogP contribution in [0.15, 0.2) is 24.3 Å². The summed E-state index contributed by atoms with van der Waals surface area (Å²) >= 11 is 0. The Balaban J connectivity index is 0.000000567. The van der Waals surface area contributed by atoms with Gasteiger partial charge in [0.25, 0.3) is 5.91 Å². The molecule has 7 heteroatoms. The van der Waals surface area contributed by atoms with Gasteiger partial charge in [0.15, 0.2) is 0 Å². The van der Waals surface area contributed by atoms with E-state index in [4.69, 9.17) is 0 Å². The lowest BCUT2D eigenvalue weighted by Gasteiger charge is -2.09. The van der Waals surface area contributed by atoms with Crippen molar-refractivity contribution in [2.24, 2.45) is 0 Å². The van der Waals surface area contributed by atoms with Crippen LogP contribution in [0.3, 0.4) is 0 Å². The smallest absolute Gasteiger partial charge is 0.382 e. The van der Waals surface area contributed by atoms with Crippen LogP contribution in [0.1, 0.15) is 15.9 Å². The van der Waals surface area contributed by atoms with Crippen LogP contribution in [0, 0.1) is 6.92 Å². The Morgan fingerprint density at radius 1 is 1.14 bits per heavy atom. The van der Waals surface area contributed by atoms with E-state index in [0.29, 0.717) is 18.8 Å². The molecule has 1 rings (SSSR count). The first-order chi connectivity index (χ1) is 9.81. The normalized spacial score (nSPS) is 10.6. The zero-order valence-corrected chi connectivity index (χ0v) is 12.3. The van der Waals surface area contributed by atoms with Crippen LogP contribution in [0.25, 0.3) is 0 Å². The van der Waals surface area contributed by atoms with Gasteiger partial charge in [-0.1, -0.05) is 18.2 Å². The van der Waals surface area contributed by atoms with Crippen LogP contribution in [0.5, 0.6) is 0 Å². The SMILES string of the molecule is COCCOC.Cc1ccccc1C(=O)NCC(F)(F)F. The second-order valence-corrected chi connectivity index (χ2v) is 4.10. The van der Waals surface area contributed by atoms with Crippen LogP contribution < -0.4 is 5.32 Å². The molecule has 0 aliphatic heterocycles. The van der Waals surface area contributed by atoms with Crippen LogP contribution in [-0.4, -0.2) is 46.1 Å². The molecule has 0 spiro atoms. The van der Waals surface area contributed by atoms with Gasteiger partial charge in [-0.15, -0.1) is 0 Å². The van der Waals surface area contributed by atoms with Gasteiger partial charge in [-0.05, 0) is 18.6 Å². The average Bonchev–Trinajstić information content (AvgIpc) is 2.43. The molecule has 1 N–H and O–H groups in total. The standard InChI is InChI=1S/C10H10F3NO.C4H10O2/c1-7-4-2-3-5-8(7)9(15)14-6-10(11,12)13;1-5-3-4-6-2/h2-5H,6H2,1H3,(H,14,15);3-4H2,1-2H3. The van der Waals surface area contributed by atoms with E-state index in [1.165, 1.54) is 6.07 Å². The highest BCUT2D eigenvalue weighted by atomic mass is 19.4. The Labute approximate surface area is 122 Å². The van der Waals surface area contributed by atoms with Crippen LogP contribution in [0.4, 0.5) is 13.2 Å². The summed E-state index contributed by atoms with van der Waals surface area (Å²) in [5.41, 5.74) is 0.916. The lowest BCUT2D eigenvalue weighted by molar-refractivity contribution is -0.123. The third-order valence-electron chi connectivity index (χ3n) is 2.33. The number of carbonyl (C=O) groups is 1. The predicted molar refractivity (Wildman–Crippen MR) is 73.3 cm³/mol. The minimum atomic E-state index is -4.38. The summed E-state index contributed by atoms with van der Waals surface area (Å²) in [5.74, 6) is -0.703. The molecule has 0 atom stereocenters. The summed E-state index contributed by atoms with van der Waals surface area (Å²) in [6.07, 6.45) is -4.38. The van der Waals surface area contributed by atoms with E-state index >= 15 is 0 Å². The van der Waals surface area contributed by atoms with Gasteiger partial charge in [-0.25, -0.2) is 0 Å². The number of methoxy groups -OCH3 is 2. The minimum absolute atomic E-state index is 0.266. The highest BCUT2D eigenvalue weighted by Gasteiger charge is 2.28. The number of ether oxygens (including phenoxy) is 2. The highest BCUT2D eigenvalue weighted by Crippen LogP contribution is 2.13. The molecular weight excluding hydrogens is 287 g/mol. The molecule has 0 bridgehead atoms. The van der Waals surface area contributed by atoms with E-state index in [-0.39, 0.29) is 5.56 Å².